The maximum Gasteiger partial charge on any atom is 0.311 e. The minimum absolute atomic E-state index is 0.169. The standard InChI is InChI=1S/C18H19N3O4/c1-18(17(23)24)7-8-21(10-18)16(22)13-4-2-3-12(9-13)14-19-15(25-20-14)11-5-6-11/h2-4,9,11H,5-8,10H2,1H3,(H,23,24)/t18-/m0/s1. The van der Waals surface area contributed by atoms with Crippen LogP contribution in [0.2, 0.25) is 0 Å². The van der Waals surface area contributed by atoms with Gasteiger partial charge in [0.25, 0.3) is 5.91 Å². The van der Waals surface area contributed by atoms with E-state index in [1.807, 2.05) is 6.07 Å². The zero-order chi connectivity index (χ0) is 17.6. The highest BCUT2D eigenvalue weighted by molar-refractivity contribution is 5.96. The molecule has 1 aromatic heterocycles. The number of carboxylic acid groups (broad SMARTS) is 1. The summed E-state index contributed by atoms with van der Waals surface area (Å²) < 4.78 is 5.28. The Kier molecular flexibility index (Phi) is 3.59. The van der Waals surface area contributed by atoms with Gasteiger partial charge in [-0.15, -0.1) is 0 Å². The lowest BCUT2D eigenvalue weighted by atomic mass is 9.90. The molecule has 0 unspecified atom stereocenters. The SMILES string of the molecule is C[C@]1(C(=O)O)CCN(C(=O)c2cccc(-c3noc(C4CC4)n3)c2)C1. The molecule has 0 spiro atoms. The third-order valence-electron chi connectivity index (χ3n) is 5.01. The van der Waals surface area contributed by atoms with Gasteiger partial charge in [0.15, 0.2) is 0 Å². The molecule has 130 valence electrons. The molecule has 7 nitrogen and oxygen atoms in total. The van der Waals surface area contributed by atoms with Gasteiger partial charge in [-0.3, -0.25) is 9.59 Å². The van der Waals surface area contributed by atoms with Crippen LogP contribution in [0.25, 0.3) is 11.4 Å². The lowest BCUT2D eigenvalue weighted by Gasteiger charge is -2.20. The molecule has 2 heterocycles. The van der Waals surface area contributed by atoms with Gasteiger partial charge < -0.3 is 14.5 Å². The quantitative estimate of drug-likeness (QED) is 0.918. The van der Waals surface area contributed by atoms with Crippen LogP contribution in [-0.4, -0.2) is 45.1 Å². The summed E-state index contributed by atoms with van der Waals surface area (Å²) in [6, 6.07) is 7.08. The zero-order valence-corrected chi connectivity index (χ0v) is 13.9. The highest BCUT2D eigenvalue weighted by Gasteiger charge is 2.42. The number of aromatic nitrogens is 2. The molecule has 4 rings (SSSR count). The van der Waals surface area contributed by atoms with Gasteiger partial charge in [0.2, 0.25) is 11.7 Å². The second kappa shape index (κ2) is 5.68. The molecule has 2 fully saturated rings. The van der Waals surface area contributed by atoms with Crippen LogP contribution in [0.4, 0.5) is 0 Å². The van der Waals surface area contributed by atoms with Crippen molar-refractivity contribution in [3.8, 4) is 11.4 Å². The molecule has 2 aromatic rings. The van der Waals surface area contributed by atoms with Crippen LogP contribution in [0.5, 0.6) is 0 Å². The van der Waals surface area contributed by atoms with Gasteiger partial charge >= 0.3 is 5.97 Å². The van der Waals surface area contributed by atoms with Gasteiger partial charge in [0.05, 0.1) is 5.41 Å². The van der Waals surface area contributed by atoms with Crippen molar-refractivity contribution in [2.24, 2.45) is 5.41 Å². The Labute approximate surface area is 144 Å². The van der Waals surface area contributed by atoms with Gasteiger partial charge in [0, 0.05) is 30.1 Å². The van der Waals surface area contributed by atoms with E-state index in [-0.39, 0.29) is 12.5 Å². The summed E-state index contributed by atoms with van der Waals surface area (Å²) in [5.74, 6) is 0.481. The molecule has 1 saturated heterocycles. The highest BCUT2D eigenvalue weighted by atomic mass is 16.5. The van der Waals surface area contributed by atoms with E-state index in [9.17, 15) is 14.7 Å². The summed E-state index contributed by atoms with van der Waals surface area (Å²) in [7, 11) is 0. The van der Waals surface area contributed by atoms with Crippen LogP contribution in [0, 0.1) is 5.41 Å². The van der Waals surface area contributed by atoms with Gasteiger partial charge in [0.1, 0.15) is 0 Å². The lowest BCUT2D eigenvalue weighted by Crippen LogP contribution is -2.34. The monoisotopic (exact) mass is 341 g/mol. The summed E-state index contributed by atoms with van der Waals surface area (Å²) in [6.07, 6.45) is 2.62. The van der Waals surface area contributed by atoms with Gasteiger partial charge in [-0.05, 0) is 38.3 Å². The molecule has 1 saturated carbocycles. The molecule has 1 aromatic carbocycles. The fourth-order valence-electron chi connectivity index (χ4n) is 3.13. The number of hydrogen-bond acceptors (Lipinski definition) is 5. The summed E-state index contributed by atoms with van der Waals surface area (Å²) in [4.78, 5) is 30.1. The van der Waals surface area contributed by atoms with Gasteiger partial charge in [-0.1, -0.05) is 17.3 Å². The maximum absolute atomic E-state index is 12.7. The number of carboxylic acids is 1. The number of amides is 1. The Morgan fingerprint density at radius 1 is 1.36 bits per heavy atom. The number of nitrogens with zero attached hydrogens (tertiary/aromatic N) is 3. The van der Waals surface area contributed by atoms with Crippen molar-refractivity contribution < 1.29 is 19.2 Å². The fraction of sp³-hybridized carbons (Fsp3) is 0.444. The Hall–Kier alpha value is -2.70. The minimum atomic E-state index is -0.875. The van der Waals surface area contributed by atoms with E-state index in [0.29, 0.717) is 36.2 Å². The summed E-state index contributed by atoms with van der Waals surface area (Å²) >= 11 is 0. The van der Waals surface area contributed by atoms with Crippen molar-refractivity contribution in [1.29, 1.82) is 0 Å². The number of carbonyl (C=O) groups excluding carboxylic acids is 1. The minimum Gasteiger partial charge on any atom is -0.481 e. The third-order valence-corrected chi connectivity index (χ3v) is 5.01. The Balaban J connectivity index is 1.54. The van der Waals surface area contributed by atoms with Crippen LogP contribution in [-0.2, 0) is 4.79 Å². The molecular formula is C18H19N3O4. The summed E-state index contributed by atoms with van der Waals surface area (Å²) in [5.41, 5.74) is 0.353. The van der Waals surface area contributed by atoms with Gasteiger partial charge in [-0.2, -0.15) is 4.98 Å². The van der Waals surface area contributed by atoms with Crippen molar-refractivity contribution in [3.05, 3.63) is 35.7 Å². The number of rotatable bonds is 4. The summed E-state index contributed by atoms with van der Waals surface area (Å²) in [6.45, 7) is 2.34. The van der Waals surface area contributed by atoms with E-state index in [2.05, 4.69) is 10.1 Å². The highest BCUT2D eigenvalue weighted by Crippen LogP contribution is 2.39. The van der Waals surface area contributed by atoms with Crippen molar-refractivity contribution >= 4 is 11.9 Å². The predicted octanol–water partition coefficient (Wildman–Crippen LogP) is 2.55. The molecule has 7 heteroatoms. The predicted molar refractivity (Wildman–Crippen MR) is 88.0 cm³/mol. The topological polar surface area (TPSA) is 96.5 Å². The Bertz CT molecular complexity index is 842. The van der Waals surface area contributed by atoms with Crippen molar-refractivity contribution in [1.82, 2.24) is 15.0 Å². The number of aliphatic carboxylic acids is 1. The fourth-order valence-corrected chi connectivity index (χ4v) is 3.13. The number of likely N-dealkylation sites (tertiary alicyclic amines) is 1. The largest absolute Gasteiger partial charge is 0.481 e. The number of carbonyl (C=O) groups is 2. The summed E-state index contributed by atoms with van der Waals surface area (Å²) in [5, 5.41) is 13.3. The van der Waals surface area contributed by atoms with E-state index < -0.39 is 11.4 Å². The molecule has 1 amide bonds. The van der Waals surface area contributed by atoms with Crippen LogP contribution < -0.4 is 0 Å². The van der Waals surface area contributed by atoms with Crippen molar-refractivity contribution in [3.63, 3.8) is 0 Å². The number of benzene rings is 1. The van der Waals surface area contributed by atoms with Crippen molar-refractivity contribution in [2.45, 2.75) is 32.1 Å². The average Bonchev–Trinajstić information content (AvgIpc) is 3.19. The van der Waals surface area contributed by atoms with Crippen LogP contribution in [0.1, 0.15) is 48.4 Å². The van der Waals surface area contributed by atoms with E-state index in [1.54, 1.807) is 30.0 Å². The molecule has 1 atom stereocenters. The molecule has 0 bridgehead atoms. The Morgan fingerprint density at radius 3 is 2.84 bits per heavy atom. The van der Waals surface area contributed by atoms with Crippen LogP contribution in [0.15, 0.2) is 28.8 Å². The van der Waals surface area contributed by atoms with Crippen LogP contribution >= 0.6 is 0 Å². The van der Waals surface area contributed by atoms with Crippen molar-refractivity contribution in [2.75, 3.05) is 13.1 Å². The second-order valence-corrected chi connectivity index (χ2v) is 7.15. The first-order valence-electron chi connectivity index (χ1n) is 8.43. The molecule has 1 N–H and O–H groups in total. The molecule has 1 aliphatic heterocycles. The van der Waals surface area contributed by atoms with E-state index >= 15 is 0 Å². The maximum atomic E-state index is 12.7. The molecule has 2 aliphatic rings. The first-order chi connectivity index (χ1) is 12.0. The van der Waals surface area contributed by atoms with E-state index in [1.165, 1.54) is 0 Å². The van der Waals surface area contributed by atoms with E-state index in [0.717, 1.165) is 18.4 Å². The lowest BCUT2D eigenvalue weighted by molar-refractivity contribution is -0.147. The third kappa shape index (κ3) is 2.90. The molecule has 1 aliphatic carbocycles. The molecular weight excluding hydrogens is 322 g/mol. The second-order valence-electron chi connectivity index (χ2n) is 7.15. The average molecular weight is 341 g/mol. The molecule has 0 radical (unpaired) electrons. The molecule has 25 heavy (non-hydrogen) atoms. The Morgan fingerprint density at radius 2 is 2.16 bits per heavy atom. The smallest absolute Gasteiger partial charge is 0.311 e. The van der Waals surface area contributed by atoms with E-state index in [4.69, 9.17) is 4.52 Å². The zero-order valence-electron chi connectivity index (χ0n) is 13.9. The van der Waals surface area contributed by atoms with Gasteiger partial charge in [-0.25, -0.2) is 0 Å². The van der Waals surface area contributed by atoms with Crippen LogP contribution in [0.3, 0.4) is 0 Å². The first kappa shape index (κ1) is 15.8. The number of hydrogen-bond donors (Lipinski definition) is 1. The normalized spacial score (nSPS) is 23.0. The first-order valence-corrected chi connectivity index (χ1v) is 8.43.